The Balaban J connectivity index is 2.61. The molecule has 1 aromatic rings. The molecule has 1 unspecified atom stereocenters. The molecular weight excluding hydrogens is 330 g/mol. The summed E-state index contributed by atoms with van der Waals surface area (Å²) in [7, 11) is 2.72. The fraction of sp³-hybridized carbons (Fsp3) is 0.471. The summed E-state index contributed by atoms with van der Waals surface area (Å²) in [6.45, 7) is 2.00. The molecule has 0 saturated heterocycles. The summed E-state index contributed by atoms with van der Waals surface area (Å²) < 4.78 is 9.94. The molecule has 1 rings (SSSR count). The van der Waals surface area contributed by atoms with Crippen molar-refractivity contribution in [1.82, 2.24) is 4.90 Å². The molecule has 0 aromatic heterocycles. The molecule has 0 radical (unpaired) electrons. The first kappa shape index (κ1) is 20.0. The zero-order valence-corrected chi connectivity index (χ0v) is 15.0. The summed E-state index contributed by atoms with van der Waals surface area (Å²) in [5.41, 5.74) is 0.850. The second-order valence-corrected chi connectivity index (χ2v) is 6.36. The van der Waals surface area contributed by atoms with Gasteiger partial charge in [0.25, 0.3) is 0 Å². The van der Waals surface area contributed by atoms with Gasteiger partial charge in [-0.3, -0.25) is 9.69 Å². The molecule has 0 heterocycles. The molecule has 0 aliphatic rings. The Morgan fingerprint density at radius 3 is 2.46 bits per heavy atom. The molecule has 1 aromatic carbocycles. The predicted molar refractivity (Wildman–Crippen MR) is 92.6 cm³/mol. The molecule has 0 aliphatic heterocycles. The maximum Gasteiger partial charge on any atom is 0.410 e. The third-order valence-corrected chi connectivity index (χ3v) is 4.18. The van der Waals surface area contributed by atoms with E-state index >= 15 is 0 Å². The highest BCUT2D eigenvalue weighted by atomic mass is 32.2. The van der Waals surface area contributed by atoms with Crippen molar-refractivity contribution < 1.29 is 23.9 Å². The fourth-order valence-electron chi connectivity index (χ4n) is 2.04. The molecule has 7 heteroatoms. The first-order chi connectivity index (χ1) is 11.5. The Morgan fingerprint density at radius 2 is 1.88 bits per heavy atom. The van der Waals surface area contributed by atoms with Gasteiger partial charge in [-0.1, -0.05) is 49.0 Å². The van der Waals surface area contributed by atoms with Crippen molar-refractivity contribution in [2.75, 3.05) is 19.9 Å². The molecule has 0 spiro atoms. The van der Waals surface area contributed by atoms with E-state index in [1.54, 1.807) is 0 Å². The van der Waals surface area contributed by atoms with Crippen molar-refractivity contribution >= 4 is 28.9 Å². The lowest BCUT2D eigenvalue weighted by atomic mass is 10.1. The molecule has 0 bridgehead atoms. The minimum absolute atomic E-state index is 0.0162. The van der Waals surface area contributed by atoms with Crippen molar-refractivity contribution in [1.29, 1.82) is 0 Å². The zero-order chi connectivity index (χ0) is 17.9. The summed E-state index contributed by atoms with van der Waals surface area (Å²) in [6, 6.07) is 8.40. The van der Waals surface area contributed by atoms with E-state index in [-0.39, 0.29) is 24.6 Å². The van der Waals surface area contributed by atoms with Crippen LogP contribution in [0.1, 0.15) is 25.3 Å². The molecule has 1 atom stereocenters. The van der Waals surface area contributed by atoms with Crippen LogP contribution in [0.2, 0.25) is 0 Å². The highest BCUT2D eigenvalue weighted by Crippen LogP contribution is 2.14. The monoisotopic (exact) mass is 353 g/mol. The average molecular weight is 353 g/mol. The highest BCUT2D eigenvalue weighted by Gasteiger charge is 2.29. The molecule has 0 fully saturated rings. The number of ether oxygens (including phenoxy) is 2. The lowest BCUT2D eigenvalue weighted by Crippen LogP contribution is -2.43. The summed E-state index contributed by atoms with van der Waals surface area (Å²) in [5, 5.41) is -0.0162. The van der Waals surface area contributed by atoms with Crippen LogP contribution in [0.3, 0.4) is 0 Å². The highest BCUT2D eigenvalue weighted by molar-refractivity contribution is 8.13. The molecule has 132 valence electrons. The Morgan fingerprint density at radius 1 is 1.21 bits per heavy atom. The van der Waals surface area contributed by atoms with Crippen LogP contribution in [-0.4, -0.2) is 48.0 Å². The second-order valence-electron chi connectivity index (χ2n) is 5.03. The number of amides is 1. The molecule has 6 nitrogen and oxygen atoms in total. The Labute approximate surface area is 146 Å². The SMILES string of the molecule is CCSC(=O)CCC(C(=O)OC)N(C)C(=O)OCc1ccccc1. The number of likely N-dealkylation sites (N-methyl/N-ethyl adjacent to an activating group) is 1. The quantitative estimate of drug-likeness (QED) is 0.669. The summed E-state index contributed by atoms with van der Waals surface area (Å²) >= 11 is 1.19. The third kappa shape index (κ3) is 6.62. The van der Waals surface area contributed by atoms with Gasteiger partial charge in [-0.05, 0) is 17.7 Å². The van der Waals surface area contributed by atoms with Crippen LogP contribution in [-0.2, 0) is 25.7 Å². The predicted octanol–water partition coefficient (Wildman–Crippen LogP) is 2.86. The van der Waals surface area contributed by atoms with Crippen molar-refractivity contribution in [2.45, 2.75) is 32.4 Å². The number of methoxy groups -OCH3 is 1. The van der Waals surface area contributed by atoms with Gasteiger partial charge in [-0.2, -0.15) is 0 Å². The Hall–Kier alpha value is -2.02. The first-order valence-corrected chi connectivity index (χ1v) is 8.65. The lowest BCUT2D eigenvalue weighted by molar-refractivity contribution is -0.146. The largest absolute Gasteiger partial charge is 0.467 e. The topological polar surface area (TPSA) is 72.9 Å². The van der Waals surface area contributed by atoms with E-state index in [0.717, 1.165) is 5.56 Å². The maximum absolute atomic E-state index is 12.2. The van der Waals surface area contributed by atoms with Gasteiger partial charge in [0, 0.05) is 13.5 Å². The Kier molecular flexibility index (Phi) is 8.93. The van der Waals surface area contributed by atoms with Crippen LogP contribution < -0.4 is 0 Å². The van der Waals surface area contributed by atoms with Crippen LogP contribution in [0.4, 0.5) is 4.79 Å². The van der Waals surface area contributed by atoms with Crippen molar-refractivity contribution in [2.24, 2.45) is 0 Å². The lowest BCUT2D eigenvalue weighted by Gasteiger charge is -2.25. The van der Waals surface area contributed by atoms with E-state index in [4.69, 9.17) is 9.47 Å². The smallest absolute Gasteiger partial charge is 0.410 e. The minimum Gasteiger partial charge on any atom is -0.467 e. The minimum atomic E-state index is -0.848. The second kappa shape index (κ2) is 10.7. The zero-order valence-electron chi connectivity index (χ0n) is 14.2. The van der Waals surface area contributed by atoms with Gasteiger partial charge in [-0.25, -0.2) is 9.59 Å². The van der Waals surface area contributed by atoms with Gasteiger partial charge >= 0.3 is 12.1 Å². The van der Waals surface area contributed by atoms with Crippen molar-refractivity contribution in [3.05, 3.63) is 35.9 Å². The van der Waals surface area contributed by atoms with Crippen molar-refractivity contribution in [3.8, 4) is 0 Å². The van der Waals surface area contributed by atoms with Crippen molar-refractivity contribution in [3.63, 3.8) is 0 Å². The van der Waals surface area contributed by atoms with Gasteiger partial charge in [0.1, 0.15) is 12.6 Å². The van der Waals surface area contributed by atoms with Crippen LogP contribution >= 0.6 is 11.8 Å². The van der Waals surface area contributed by atoms with E-state index in [1.165, 1.54) is 30.8 Å². The summed E-state index contributed by atoms with van der Waals surface area (Å²) in [6.07, 6.45) is -0.242. The van der Waals surface area contributed by atoms with Gasteiger partial charge in [0.05, 0.1) is 7.11 Å². The number of hydrogen-bond donors (Lipinski definition) is 0. The van der Waals surface area contributed by atoms with E-state index in [1.807, 2.05) is 37.3 Å². The fourth-order valence-corrected chi connectivity index (χ4v) is 2.63. The first-order valence-electron chi connectivity index (χ1n) is 7.66. The van der Waals surface area contributed by atoms with Crippen LogP contribution in [0.15, 0.2) is 30.3 Å². The summed E-state index contributed by atoms with van der Waals surface area (Å²) in [5.74, 6) is 0.111. The van der Waals surface area contributed by atoms with Gasteiger partial charge in [-0.15, -0.1) is 0 Å². The van der Waals surface area contributed by atoms with E-state index in [9.17, 15) is 14.4 Å². The number of carbonyl (C=O) groups excluding carboxylic acids is 3. The average Bonchev–Trinajstić information content (AvgIpc) is 2.60. The summed E-state index contributed by atoms with van der Waals surface area (Å²) in [4.78, 5) is 36.9. The molecular formula is C17H23NO5S. The molecule has 24 heavy (non-hydrogen) atoms. The van der Waals surface area contributed by atoms with Gasteiger partial charge in [0.2, 0.25) is 0 Å². The van der Waals surface area contributed by atoms with E-state index < -0.39 is 18.1 Å². The number of esters is 1. The molecule has 0 aliphatic carbocycles. The van der Waals surface area contributed by atoms with Crippen LogP contribution in [0, 0.1) is 0 Å². The van der Waals surface area contributed by atoms with Gasteiger partial charge < -0.3 is 9.47 Å². The Bertz CT molecular complexity index is 549. The number of hydrogen-bond acceptors (Lipinski definition) is 6. The maximum atomic E-state index is 12.2. The van der Waals surface area contributed by atoms with E-state index in [2.05, 4.69) is 0 Å². The van der Waals surface area contributed by atoms with E-state index in [0.29, 0.717) is 5.75 Å². The number of nitrogens with zero attached hydrogens (tertiary/aromatic N) is 1. The number of rotatable bonds is 8. The normalized spacial score (nSPS) is 11.5. The number of benzene rings is 1. The number of thioether (sulfide) groups is 1. The number of carbonyl (C=O) groups is 3. The molecule has 0 N–H and O–H groups in total. The molecule has 1 amide bonds. The van der Waals surface area contributed by atoms with Crippen LogP contribution in [0.5, 0.6) is 0 Å². The third-order valence-electron chi connectivity index (χ3n) is 3.36. The molecule has 0 saturated carbocycles. The standard InChI is InChI=1S/C17H23NO5S/c1-4-24-15(19)11-10-14(16(20)22-3)18(2)17(21)23-12-13-8-6-5-7-9-13/h5-9,14H,4,10-12H2,1-3H3. The van der Waals surface area contributed by atoms with Gasteiger partial charge in [0.15, 0.2) is 5.12 Å². The van der Waals surface area contributed by atoms with Crippen LogP contribution in [0.25, 0.3) is 0 Å².